The molecule has 1 amide bonds. The highest BCUT2D eigenvalue weighted by Crippen LogP contribution is 2.31. The zero-order valence-electron chi connectivity index (χ0n) is 11.1. The summed E-state index contributed by atoms with van der Waals surface area (Å²) in [6.07, 6.45) is 6.19. The number of aromatic nitrogens is 1. The van der Waals surface area contributed by atoms with Crippen LogP contribution in [0.5, 0.6) is 0 Å². The number of pyridine rings is 1. The van der Waals surface area contributed by atoms with Gasteiger partial charge < -0.3 is 15.4 Å². The van der Waals surface area contributed by atoms with E-state index in [1.165, 1.54) is 18.5 Å². The lowest BCUT2D eigenvalue weighted by Gasteiger charge is -2.34. The number of hydrogen-bond donors (Lipinski definition) is 3. The monoisotopic (exact) mass is 264 g/mol. The molecule has 0 saturated heterocycles. The minimum atomic E-state index is -0.830. The van der Waals surface area contributed by atoms with E-state index in [1.807, 2.05) is 0 Å². The highest BCUT2D eigenvalue weighted by atomic mass is 16.3. The van der Waals surface area contributed by atoms with Crippen LogP contribution in [-0.2, 0) is 0 Å². The van der Waals surface area contributed by atoms with Gasteiger partial charge in [0, 0.05) is 25.0 Å². The van der Waals surface area contributed by atoms with Crippen LogP contribution in [0.1, 0.15) is 43.0 Å². The van der Waals surface area contributed by atoms with E-state index in [2.05, 4.69) is 17.2 Å². The van der Waals surface area contributed by atoms with E-state index in [0.717, 1.165) is 12.8 Å². The van der Waals surface area contributed by atoms with Crippen molar-refractivity contribution >= 4 is 5.91 Å². The van der Waals surface area contributed by atoms with Gasteiger partial charge in [-0.15, -0.1) is 0 Å². The minimum Gasteiger partial charge on any atom is -0.388 e. The van der Waals surface area contributed by atoms with Gasteiger partial charge in [-0.1, -0.05) is 6.92 Å². The average Bonchev–Trinajstić information content (AvgIpc) is 2.41. The molecule has 0 aliphatic heterocycles. The summed E-state index contributed by atoms with van der Waals surface area (Å²) in [7, 11) is 0. The van der Waals surface area contributed by atoms with E-state index in [4.69, 9.17) is 0 Å². The molecule has 5 heteroatoms. The third kappa shape index (κ3) is 3.44. The van der Waals surface area contributed by atoms with Crippen molar-refractivity contribution in [2.45, 2.75) is 38.2 Å². The molecule has 1 heterocycles. The molecule has 0 radical (unpaired) electrons. The fourth-order valence-electron chi connectivity index (χ4n) is 2.41. The van der Waals surface area contributed by atoms with Crippen LogP contribution in [0.2, 0.25) is 0 Å². The number of carbonyl (C=O) groups is 1. The lowest BCUT2D eigenvalue weighted by atomic mass is 9.79. The summed E-state index contributed by atoms with van der Waals surface area (Å²) in [6, 6.07) is 1.31. The molecule has 1 aliphatic rings. The first-order valence-electron chi connectivity index (χ1n) is 6.68. The van der Waals surface area contributed by atoms with Crippen LogP contribution < -0.4 is 10.7 Å². The van der Waals surface area contributed by atoms with Crippen LogP contribution >= 0.6 is 0 Å². The number of nitrogens with one attached hydrogen (secondary N) is 2. The van der Waals surface area contributed by atoms with Gasteiger partial charge in [-0.2, -0.15) is 0 Å². The third-order valence-corrected chi connectivity index (χ3v) is 3.85. The molecule has 0 unspecified atom stereocenters. The molecular formula is C14H20N2O3. The molecule has 1 aromatic heterocycles. The van der Waals surface area contributed by atoms with Crippen molar-refractivity contribution in [3.05, 3.63) is 34.2 Å². The Morgan fingerprint density at radius 1 is 1.53 bits per heavy atom. The summed E-state index contributed by atoms with van der Waals surface area (Å²) in [4.78, 5) is 26.1. The highest BCUT2D eigenvalue weighted by Gasteiger charge is 2.32. The molecule has 5 nitrogen and oxygen atoms in total. The van der Waals surface area contributed by atoms with Crippen LogP contribution in [0, 0.1) is 5.92 Å². The van der Waals surface area contributed by atoms with E-state index in [0.29, 0.717) is 18.8 Å². The van der Waals surface area contributed by atoms with E-state index >= 15 is 0 Å². The molecule has 1 aliphatic carbocycles. The summed E-state index contributed by atoms with van der Waals surface area (Å²) in [5.41, 5.74) is -1.07. The zero-order chi connectivity index (χ0) is 13.9. The standard InChI is InChI=1S/C14H20N2O3/c1-10-2-5-14(19,6-3-10)9-16-13(18)11-8-15-7-4-12(11)17/h4,7-8,10,19H,2-3,5-6,9H2,1H3,(H,15,17)(H,16,18). The van der Waals surface area contributed by atoms with Gasteiger partial charge in [-0.3, -0.25) is 9.59 Å². The molecule has 3 N–H and O–H groups in total. The lowest BCUT2D eigenvalue weighted by molar-refractivity contribution is -0.00541. The molecule has 0 spiro atoms. The van der Waals surface area contributed by atoms with Gasteiger partial charge in [0.15, 0.2) is 5.43 Å². The quantitative estimate of drug-likeness (QED) is 0.763. The Labute approximate surface area is 112 Å². The number of carbonyl (C=O) groups excluding carboxylic acids is 1. The van der Waals surface area contributed by atoms with Crippen LogP contribution in [0.3, 0.4) is 0 Å². The first-order valence-corrected chi connectivity index (χ1v) is 6.68. The van der Waals surface area contributed by atoms with Crippen molar-refractivity contribution in [1.82, 2.24) is 10.3 Å². The average molecular weight is 264 g/mol. The van der Waals surface area contributed by atoms with Gasteiger partial charge in [-0.05, 0) is 31.6 Å². The van der Waals surface area contributed by atoms with E-state index in [9.17, 15) is 14.7 Å². The maximum Gasteiger partial charge on any atom is 0.256 e. The van der Waals surface area contributed by atoms with Gasteiger partial charge in [0.25, 0.3) is 5.91 Å². The summed E-state index contributed by atoms with van der Waals surface area (Å²) < 4.78 is 0. The number of aliphatic hydroxyl groups is 1. The number of rotatable bonds is 3. The fraction of sp³-hybridized carbons (Fsp3) is 0.571. The number of hydrogen-bond acceptors (Lipinski definition) is 3. The Morgan fingerprint density at radius 3 is 2.84 bits per heavy atom. The Hall–Kier alpha value is -1.62. The van der Waals surface area contributed by atoms with Gasteiger partial charge in [0.05, 0.1) is 5.60 Å². The van der Waals surface area contributed by atoms with Crippen molar-refractivity contribution in [3.63, 3.8) is 0 Å². The predicted molar refractivity (Wildman–Crippen MR) is 72.0 cm³/mol. The SMILES string of the molecule is CC1CCC(O)(CNC(=O)c2c[nH]ccc2=O)CC1. The van der Waals surface area contributed by atoms with Crippen LogP contribution in [0.25, 0.3) is 0 Å². The molecule has 104 valence electrons. The Balaban J connectivity index is 1.94. The van der Waals surface area contributed by atoms with Crippen LogP contribution in [0.15, 0.2) is 23.3 Å². The van der Waals surface area contributed by atoms with E-state index in [1.54, 1.807) is 0 Å². The first kappa shape index (κ1) is 13.8. The maximum atomic E-state index is 11.9. The van der Waals surface area contributed by atoms with Crippen LogP contribution in [0.4, 0.5) is 0 Å². The molecule has 1 aromatic rings. The minimum absolute atomic E-state index is 0.0790. The largest absolute Gasteiger partial charge is 0.388 e. The zero-order valence-corrected chi connectivity index (χ0v) is 11.1. The number of amides is 1. The smallest absolute Gasteiger partial charge is 0.256 e. The van der Waals surface area contributed by atoms with Crippen molar-refractivity contribution in [1.29, 1.82) is 0 Å². The van der Waals surface area contributed by atoms with E-state index < -0.39 is 11.5 Å². The second-order valence-corrected chi connectivity index (χ2v) is 5.51. The summed E-state index contributed by atoms with van der Waals surface area (Å²) >= 11 is 0. The lowest BCUT2D eigenvalue weighted by Crippen LogP contribution is -2.45. The maximum absolute atomic E-state index is 11.9. The van der Waals surface area contributed by atoms with Crippen molar-refractivity contribution in [3.8, 4) is 0 Å². The van der Waals surface area contributed by atoms with Gasteiger partial charge in [-0.25, -0.2) is 0 Å². The van der Waals surface area contributed by atoms with Crippen LogP contribution in [-0.4, -0.2) is 28.1 Å². The summed E-state index contributed by atoms with van der Waals surface area (Å²) in [5, 5.41) is 13.0. The molecule has 1 saturated carbocycles. The van der Waals surface area contributed by atoms with Gasteiger partial charge >= 0.3 is 0 Å². The number of H-pyrrole nitrogens is 1. The number of aromatic amines is 1. The Bertz CT molecular complexity index is 501. The van der Waals surface area contributed by atoms with Crippen molar-refractivity contribution in [2.75, 3.05) is 6.54 Å². The Kier molecular flexibility index (Phi) is 4.04. The molecule has 2 rings (SSSR count). The first-order chi connectivity index (χ1) is 9.00. The molecule has 0 aromatic carbocycles. The van der Waals surface area contributed by atoms with Gasteiger partial charge in [0.2, 0.25) is 0 Å². The van der Waals surface area contributed by atoms with E-state index in [-0.39, 0.29) is 17.5 Å². The molecule has 1 fully saturated rings. The summed E-state index contributed by atoms with van der Waals surface area (Å²) in [5.74, 6) is 0.196. The molecule has 0 bridgehead atoms. The fourth-order valence-corrected chi connectivity index (χ4v) is 2.41. The Morgan fingerprint density at radius 2 is 2.21 bits per heavy atom. The predicted octanol–water partition coefficient (Wildman–Crippen LogP) is 1.05. The summed E-state index contributed by atoms with van der Waals surface area (Å²) in [6.45, 7) is 2.37. The van der Waals surface area contributed by atoms with Gasteiger partial charge in [0.1, 0.15) is 5.56 Å². The third-order valence-electron chi connectivity index (χ3n) is 3.85. The topological polar surface area (TPSA) is 82.2 Å². The molecular weight excluding hydrogens is 244 g/mol. The second kappa shape index (κ2) is 5.57. The molecule has 0 atom stereocenters. The second-order valence-electron chi connectivity index (χ2n) is 5.51. The normalized spacial score (nSPS) is 26.9. The highest BCUT2D eigenvalue weighted by molar-refractivity contribution is 5.93. The van der Waals surface area contributed by atoms with Crippen molar-refractivity contribution in [2.24, 2.45) is 5.92 Å². The van der Waals surface area contributed by atoms with Crippen molar-refractivity contribution < 1.29 is 9.90 Å². The molecule has 19 heavy (non-hydrogen) atoms.